The molecule has 112 valence electrons. The van der Waals surface area contributed by atoms with Crippen LogP contribution in [0, 0.1) is 0 Å². The third-order valence-corrected chi connectivity index (χ3v) is 3.96. The maximum absolute atomic E-state index is 12.2. The summed E-state index contributed by atoms with van der Waals surface area (Å²) < 4.78 is 5.12. The van der Waals surface area contributed by atoms with E-state index in [2.05, 4.69) is 12.2 Å². The van der Waals surface area contributed by atoms with E-state index in [-0.39, 0.29) is 5.91 Å². The highest BCUT2D eigenvalue weighted by molar-refractivity contribution is 7.99. The summed E-state index contributed by atoms with van der Waals surface area (Å²) in [5, 5.41) is 12.7. The minimum Gasteiger partial charge on any atom is -0.467 e. The maximum atomic E-state index is 12.2. The van der Waals surface area contributed by atoms with Gasteiger partial charge >= 0.3 is 0 Å². The second-order valence-corrected chi connectivity index (χ2v) is 5.81. The second-order valence-electron chi connectivity index (χ2n) is 4.50. The van der Waals surface area contributed by atoms with Crippen LogP contribution in [-0.4, -0.2) is 23.3 Å². The molecule has 1 unspecified atom stereocenters. The number of aliphatic hydroxyl groups is 1. The van der Waals surface area contributed by atoms with Crippen molar-refractivity contribution < 1.29 is 14.3 Å². The van der Waals surface area contributed by atoms with Gasteiger partial charge in [0.15, 0.2) is 0 Å². The predicted molar refractivity (Wildman–Crippen MR) is 83.5 cm³/mol. The predicted octanol–water partition coefficient (Wildman–Crippen LogP) is 3.25. The van der Waals surface area contributed by atoms with E-state index in [0.717, 1.165) is 10.6 Å². The number of thioether (sulfide) groups is 1. The Kier molecular flexibility index (Phi) is 5.90. The van der Waals surface area contributed by atoms with Crippen LogP contribution in [0.4, 0.5) is 0 Å². The van der Waals surface area contributed by atoms with Crippen molar-refractivity contribution in [2.24, 2.45) is 0 Å². The number of nitrogens with one attached hydrogen (secondary N) is 1. The van der Waals surface area contributed by atoms with Crippen LogP contribution in [0.5, 0.6) is 0 Å². The normalized spacial score (nSPS) is 12.1. The molecule has 0 aliphatic rings. The number of amides is 1. The highest BCUT2D eigenvalue weighted by Crippen LogP contribution is 2.22. The Morgan fingerprint density at radius 3 is 2.86 bits per heavy atom. The molecule has 21 heavy (non-hydrogen) atoms. The maximum Gasteiger partial charge on any atom is 0.252 e. The Morgan fingerprint density at radius 2 is 2.14 bits per heavy atom. The molecule has 2 rings (SSSR count). The fourth-order valence-electron chi connectivity index (χ4n) is 1.98. The van der Waals surface area contributed by atoms with Crippen LogP contribution in [-0.2, 0) is 0 Å². The summed E-state index contributed by atoms with van der Waals surface area (Å²) in [6, 6.07) is 11.0. The van der Waals surface area contributed by atoms with Gasteiger partial charge in [0.25, 0.3) is 5.91 Å². The van der Waals surface area contributed by atoms with Gasteiger partial charge in [-0.05, 0) is 36.4 Å². The van der Waals surface area contributed by atoms with Gasteiger partial charge in [0.1, 0.15) is 11.9 Å². The lowest BCUT2D eigenvalue weighted by atomic mass is 10.2. The summed E-state index contributed by atoms with van der Waals surface area (Å²) in [4.78, 5) is 13.2. The van der Waals surface area contributed by atoms with Gasteiger partial charge in [-0.2, -0.15) is 0 Å². The van der Waals surface area contributed by atoms with Gasteiger partial charge in [0, 0.05) is 11.4 Å². The Morgan fingerprint density at radius 1 is 1.33 bits per heavy atom. The Labute approximate surface area is 128 Å². The van der Waals surface area contributed by atoms with Crippen LogP contribution >= 0.6 is 11.8 Å². The van der Waals surface area contributed by atoms with E-state index in [4.69, 9.17) is 4.42 Å². The molecule has 1 aromatic carbocycles. The summed E-state index contributed by atoms with van der Waals surface area (Å²) in [6.45, 7) is 2.45. The van der Waals surface area contributed by atoms with Crippen LogP contribution in [0.25, 0.3) is 0 Å². The number of benzene rings is 1. The van der Waals surface area contributed by atoms with Crippen LogP contribution in [0.1, 0.15) is 35.6 Å². The first-order valence-electron chi connectivity index (χ1n) is 6.94. The molecule has 0 radical (unpaired) electrons. The van der Waals surface area contributed by atoms with Crippen LogP contribution in [0.2, 0.25) is 0 Å². The fraction of sp³-hybridized carbons (Fsp3) is 0.312. The Bertz CT molecular complexity index is 569. The average Bonchev–Trinajstić information content (AvgIpc) is 3.02. The van der Waals surface area contributed by atoms with Crippen LogP contribution in [0.3, 0.4) is 0 Å². The smallest absolute Gasteiger partial charge is 0.252 e. The average molecular weight is 305 g/mol. The molecule has 1 heterocycles. The zero-order chi connectivity index (χ0) is 15.1. The lowest BCUT2D eigenvalue weighted by Crippen LogP contribution is -2.26. The van der Waals surface area contributed by atoms with Gasteiger partial charge in [-0.25, -0.2) is 0 Å². The highest BCUT2D eigenvalue weighted by Gasteiger charge is 2.13. The largest absolute Gasteiger partial charge is 0.467 e. The summed E-state index contributed by atoms with van der Waals surface area (Å²) in [6.07, 6.45) is 1.25. The van der Waals surface area contributed by atoms with Gasteiger partial charge in [-0.1, -0.05) is 19.1 Å². The number of hydrogen-bond donors (Lipinski definition) is 2. The monoisotopic (exact) mass is 305 g/mol. The van der Waals surface area contributed by atoms with E-state index >= 15 is 0 Å². The van der Waals surface area contributed by atoms with Gasteiger partial charge < -0.3 is 14.8 Å². The minimum absolute atomic E-state index is 0.113. The number of rotatable bonds is 7. The van der Waals surface area contributed by atoms with E-state index in [9.17, 15) is 9.90 Å². The molecular weight excluding hydrogens is 286 g/mol. The first-order valence-corrected chi connectivity index (χ1v) is 7.92. The zero-order valence-electron chi connectivity index (χ0n) is 11.9. The molecule has 1 aromatic heterocycles. The molecule has 0 spiro atoms. The topological polar surface area (TPSA) is 62.5 Å². The lowest BCUT2D eigenvalue weighted by Gasteiger charge is -2.11. The molecule has 0 saturated heterocycles. The summed E-state index contributed by atoms with van der Waals surface area (Å²) in [5.74, 6) is 1.32. The number of furan rings is 1. The van der Waals surface area contributed by atoms with Crippen LogP contribution < -0.4 is 5.32 Å². The molecular formula is C16H19NO3S. The molecule has 1 amide bonds. The Hall–Kier alpha value is -1.72. The van der Waals surface area contributed by atoms with Crippen molar-refractivity contribution in [2.45, 2.75) is 24.3 Å². The van der Waals surface area contributed by atoms with Crippen molar-refractivity contribution in [2.75, 3.05) is 12.3 Å². The first kappa shape index (κ1) is 15.7. The van der Waals surface area contributed by atoms with E-state index in [1.54, 1.807) is 23.9 Å². The van der Waals surface area contributed by atoms with Gasteiger partial charge in [-0.3, -0.25) is 4.79 Å². The third kappa shape index (κ3) is 4.37. The number of carbonyl (C=O) groups is 1. The van der Waals surface area contributed by atoms with Crippen molar-refractivity contribution in [1.29, 1.82) is 0 Å². The molecule has 2 aromatic rings. The van der Waals surface area contributed by atoms with Crippen molar-refractivity contribution in [3.63, 3.8) is 0 Å². The molecule has 0 aliphatic heterocycles. The number of aliphatic hydroxyl groups excluding tert-OH is 1. The molecule has 0 saturated carbocycles. The molecule has 2 N–H and O–H groups in total. The molecule has 4 nitrogen and oxygen atoms in total. The van der Waals surface area contributed by atoms with E-state index < -0.39 is 6.10 Å². The highest BCUT2D eigenvalue weighted by atomic mass is 32.2. The van der Waals surface area contributed by atoms with E-state index in [0.29, 0.717) is 24.3 Å². The van der Waals surface area contributed by atoms with Gasteiger partial charge in [0.2, 0.25) is 0 Å². The van der Waals surface area contributed by atoms with Gasteiger partial charge in [0.05, 0.1) is 11.8 Å². The van der Waals surface area contributed by atoms with E-state index in [1.165, 1.54) is 6.26 Å². The lowest BCUT2D eigenvalue weighted by molar-refractivity contribution is 0.0933. The van der Waals surface area contributed by atoms with E-state index in [1.807, 2.05) is 24.3 Å². The minimum atomic E-state index is -0.694. The number of hydrogen-bond acceptors (Lipinski definition) is 4. The van der Waals surface area contributed by atoms with Crippen molar-refractivity contribution in [3.8, 4) is 0 Å². The summed E-state index contributed by atoms with van der Waals surface area (Å²) in [7, 11) is 0. The Balaban J connectivity index is 1.87. The summed E-state index contributed by atoms with van der Waals surface area (Å²) in [5.41, 5.74) is 0.678. The molecule has 0 bridgehead atoms. The third-order valence-electron chi connectivity index (χ3n) is 3.01. The standard InChI is InChI=1S/C16H19NO3S/c1-2-21-15-8-4-3-6-12(15)16(19)17-10-9-13(18)14-7-5-11-20-14/h3-8,11,13,18H,2,9-10H2,1H3,(H,17,19). The fourth-order valence-corrected chi connectivity index (χ4v) is 2.78. The summed E-state index contributed by atoms with van der Waals surface area (Å²) >= 11 is 1.64. The zero-order valence-corrected chi connectivity index (χ0v) is 12.7. The van der Waals surface area contributed by atoms with Gasteiger partial charge in [-0.15, -0.1) is 11.8 Å². The quantitative estimate of drug-likeness (QED) is 0.771. The molecule has 0 aliphatic carbocycles. The second kappa shape index (κ2) is 7.90. The first-order chi connectivity index (χ1) is 10.2. The van der Waals surface area contributed by atoms with Crippen molar-refractivity contribution >= 4 is 17.7 Å². The van der Waals surface area contributed by atoms with Crippen molar-refractivity contribution in [1.82, 2.24) is 5.32 Å². The molecule has 5 heteroatoms. The number of carbonyl (C=O) groups excluding carboxylic acids is 1. The molecule has 0 fully saturated rings. The SMILES string of the molecule is CCSc1ccccc1C(=O)NCCC(O)c1ccco1. The van der Waals surface area contributed by atoms with Crippen molar-refractivity contribution in [3.05, 3.63) is 54.0 Å². The van der Waals surface area contributed by atoms with Crippen LogP contribution in [0.15, 0.2) is 52.0 Å². The molecule has 1 atom stereocenters.